The predicted octanol–water partition coefficient (Wildman–Crippen LogP) is 8.16. The van der Waals surface area contributed by atoms with Gasteiger partial charge in [0, 0.05) is 18.7 Å². The number of carbonyl (C=O) groups excluding carboxylic acids is 4. The summed E-state index contributed by atoms with van der Waals surface area (Å²) in [6.07, 6.45) is 7.17. The smallest absolute Gasteiger partial charge is 0.407 e. The zero-order valence-electron chi connectivity index (χ0n) is 35.3. The van der Waals surface area contributed by atoms with E-state index in [2.05, 4.69) is 81.3 Å². The number of imidazole rings is 2. The van der Waals surface area contributed by atoms with E-state index in [1.807, 2.05) is 49.9 Å². The number of ether oxygens (including phenoxy) is 2. The van der Waals surface area contributed by atoms with Crippen LogP contribution in [0.4, 0.5) is 9.59 Å². The van der Waals surface area contributed by atoms with Gasteiger partial charge in [0.05, 0.1) is 50.1 Å². The van der Waals surface area contributed by atoms with Crippen LogP contribution < -0.4 is 10.6 Å². The average molecular weight is 817 g/mol. The molecule has 5 aromatic rings. The summed E-state index contributed by atoms with van der Waals surface area (Å²) in [7, 11) is 2.61. The lowest BCUT2D eigenvalue weighted by molar-refractivity contribution is -0.136. The van der Waals surface area contributed by atoms with Crippen LogP contribution in [0.15, 0.2) is 73.1 Å². The van der Waals surface area contributed by atoms with E-state index in [4.69, 9.17) is 19.4 Å². The number of alkyl carbamates (subject to hydrolysis) is 2. The lowest BCUT2D eigenvalue weighted by atomic mass is 9.97. The van der Waals surface area contributed by atoms with E-state index >= 15 is 0 Å². The van der Waals surface area contributed by atoms with Gasteiger partial charge in [-0.15, -0.1) is 0 Å². The maximum atomic E-state index is 13.7. The minimum Gasteiger partial charge on any atom is -0.453 e. The normalized spacial score (nSPS) is 18.5. The van der Waals surface area contributed by atoms with Gasteiger partial charge in [-0.05, 0) is 77.1 Å². The fourth-order valence-electron chi connectivity index (χ4n) is 8.47. The molecule has 2 aliphatic rings. The Bertz CT molecular complexity index is 2320. The van der Waals surface area contributed by atoms with Gasteiger partial charge in [-0.2, -0.15) is 0 Å². The van der Waals surface area contributed by atoms with Gasteiger partial charge in [0.25, 0.3) is 0 Å². The van der Waals surface area contributed by atoms with Gasteiger partial charge in [0.1, 0.15) is 23.7 Å². The van der Waals surface area contributed by atoms with Crippen LogP contribution in [0.2, 0.25) is 0 Å². The third kappa shape index (κ3) is 8.73. The van der Waals surface area contributed by atoms with Crippen LogP contribution in [0, 0.1) is 11.8 Å². The molecule has 0 aliphatic carbocycles. The number of fused-ring (bicyclic) bond motifs is 1. The van der Waals surface area contributed by atoms with E-state index in [0.717, 1.165) is 94.6 Å². The van der Waals surface area contributed by atoms with Crippen molar-refractivity contribution in [1.82, 2.24) is 40.4 Å². The Morgan fingerprint density at radius 1 is 0.650 bits per heavy atom. The summed E-state index contributed by atoms with van der Waals surface area (Å²) in [5.41, 5.74) is 5.90. The number of hydrogen-bond acceptors (Lipinski definition) is 8. The summed E-state index contributed by atoms with van der Waals surface area (Å²) >= 11 is 0. The van der Waals surface area contributed by atoms with Gasteiger partial charge in [-0.1, -0.05) is 89.1 Å². The van der Waals surface area contributed by atoms with Crippen molar-refractivity contribution in [3.63, 3.8) is 0 Å². The van der Waals surface area contributed by atoms with Crippen molar-refractivity contribution in [2.24, 2.45) is 11.8 Å². The molecule has 6 unspecified atom stereocenters. The van der Waals surface area contributed by atoms with Gasteiger partial charge in [-0.25, -0.2) is 19.6 Å². The number of nitrogens with one attached hydrogen (secondary N) is 4. The zero-order valence-corrected chi connectivity index (χ0v) is 35.3. The van der Waals surface area contributed by atoms with Crippen LogP contribution in [0.5, 0.6) is 0 Å². The number of aromatic nitrogens is 4. The molecule has 0 radical (unpaired) electrons. The molecule has 6 atom stereocenters. The third-order valence-electron chi connectivity index (χ3n) is 12.5. The molecule has 60 heavy (non-hydrogen) atoms. The van der Waals surface area contributed by atoms with Gasteiger partial charge in [0.15, 0.2) is 0 Å². The number of aromatic amines is 2. The van der Waals surface area contributed by atoms with E-state index in [1.165, 1.54) is 14.2 Å². The molecule has 4 N–H and O–H groups in total. The molecule has 4 heterocycles. The van der Waals surface area contributed by atoms with Crippen molar-refractivity contribution in [3.05, 3.63) is 84.7 Å². The Hall–Kier alpha value is -6.18. The highest BCUT2D eigenvalue weighted by Gasteiger charge is 2.39. The number of hydrogen-bond donors (Lipinski definition) is 4. The molecule has 14 nitrogen and oxygen atoms in total. The van der Waals surface area contributed by atoms with Crippen LogP contribution in [0.3, 0.4) is 0 Å². The van der Waals surface area contributed by atoms with Gasteiger partial charge < -0.3 is 39.9 Å². The SMILES string of the molecule is CCC(C)C(NC(=O)OC)C(=O)N1CCCC1c1ncc(-c2ccc(-c3ccc4cc(-c5cnc(C6CCCN6C(=O)C(NC(=O)OC)C(C)CC)[nH]5)ccc4c3)cc2)[nH]1. The summed E-state index contributed by atoms with van der Waals surface area (Å²) in [6, 6.07) is 19.4. The average Bonchev–Trinajstić information content (AvgIpc) is 4.13. The number of nitrogens with zero attached hydrogens (tertiary/aromatic N) is 4. The summed E-state index contributed by atoms with van der Waals surface area (Å²) in [5, 5.41) is 7.70. The van der Waals surface area contributed by atoms with E-state index in [9.17, 15) is 19.2 Å². The van der Waals surface area contributed by atoms with Crippen molar-refractivity contribution in [2.45, 2.75) is 90.4 Å². The second-order valence-electron chi connectivity index (χ2n) is 16.1. The fourth-order valence-corrected chi connectivity index (χ4v) is 8.47. The summed E-state index contributed by atoms with van der Waals surface area (Å²) in [5.74, 6) is 1.12. The standard InChI is InChI=1S/C46H56N8O6/c1-7-27(3)39(51-45(57)59-5)43(55)53-21-9-11-37(53)41-47-25-35(49-41)30-15-13-29(14-16-30)31-17-18-33-24-34(20-19-32(33)23-31)36-26-48-42(50-36)38-12-10-22-54(38)44(56)40(28(4)8-2)52-46(58)60-6/h13-20,23-28,37-40H,7-12,21-22H2,1-6H3,(H,47,49)(H,48,50)(H,51,57)(H,52,58). The first-order valence-electron chi connectivity index (χ1n) is 21.1. The Morgan fingerprint density at radius 2 is 1.07 bits per heavy atom. The van der Waals surface area contributed by atoms with Crippen molar-refractivity contribution >= 4 is 34.8 Å². The maximum Gasteiger partial charge on any atom is 0.407 e. The number of rotatable bonds is 13. The number of H-pyrrole nitrogens is 2. The van der Waals surface area contributed by atoms with Crippen LogP contribution in [0.1, 0.15) is 90.0 Å². The molecule has 316 valence electrons. The number of likely N-dealkylation sites (tertiary alicyclic amines) is 2. The first kappa shape index (κ1) is 42.0. The lowest BCUT2D eigenvalue weighted by Gasteiger charge is -2.30. The highest BCUT2D eigenvalue weighted by atomic mass is 16.5. The largest absolute Gasteiger partial charge is 0.453 e. The van der Waals surface area contributed by atoms with Crippen molar-refractivity contribution < 1.29 is 28.7 Å². The van der Waals surface area contributed by atoms with Gasteiger partial charge in [0.2, 0.25) is 11.8 Å². The molecule has 7 rings (SSSR count). The molecule has 2 saturated heterocycles. The summed E-state index contributed by atoms with van der Waals surface area (Å²) < 4.78 is 9.62. The molecule has 0 saturated carbocycles. The second kappa shape index (κ2) is 18.4. The Kier molecular flexibility index (Phi) is 12.9. The monoisotopic (exact) mass is 816 g/mol. The van der Waals surface area contributed by atoms with Crippen LogP contribution in [0.25, 0.3) is 44.4 Å². The molecular weight excluding hydrogens is 761 g/mol. The van der Waals surface area contributed by atoms with E-state index in [0.29, 0.717) is 13.1 Å². The molecule has 14 heteroatoms. The minimum absolute atomic E-state index is 0.0532. The summed E-state index contributed by atoms with van der Waals surface area (Å²) in [4.78, 5) is 71.7. The highest BCUT2D eigenvalue weighted by Crippen LogP contribution is 2.36. The first-order chi connectivity index (χ1) is 29.0. The van der Waals surface area contributed by atoms with E-state index in [1.54, 1.807) is 0 Å². The molecule has 3 aromatic carbocycles. The predicted molar refractivity (Wildman–Crippen MR) is 229 cm³/mol. The third-order valence-corrected chi connectivity index (χ3v) is 12.5. The molecular formula is C46H56N8O6. The maximum absolute atomic E-state index is 13.7. The topological polar surface area (TPSA) is 175 Å². The number of amides is 4. The molecule has 2 aliphatic heterocycles. The molecule has 4 amide bonds. The first-order valence-corrected chi connectivity index (χ1v) is 21.1. The van der Waals surface area contributed by atoms with Gasteiger partial charge >= 0.3 is 12.2 Å². The minimum atomic E-state index is -0.674. The Morgan fingerprint density at radius 3 is 1.53 bits per heavy atom. The van der Waals surface area contributed by atoms with Crippen LogP contribution >= 0.6 is 0 Å². The van der Waals surface area contributed by atoms with Crippen LogP contribution in [-0.4, -0.2) is 93.1 Å². The molecule has 0 spiro atoms. The lowest BCUT2D eigenvalue weighted by Crippen LogP contribution is -2.51. The second-order valence-corrected chi connectivity index (χ2v) is 16.1. The molecule has 0 bridgehead atoms. The van der Waals surface area contributed by atoms with Crippen LogP contribution in [-0.2, 0) is 19.1 Å². The molecule has 2 aromatic heterocycles. The highest BCUT2D eigenvalue weighted by molar-refractivity contribution is 5.91. The number of benzene rings is 3. The van der Waals surface area contributed by atoms with Gasteiger partial charge in [-0.3, -0.25) is 9.59 Å². The van der Waals surface area contributed by atoms with Crippen molar-refractivity contribution in [2.75, 3.05) is 27.3 Å². The Labute approximate surface area is 350 Å². The summed E-state index contributed by atoms with van der Waals surface area (Å²) in [6.45, 7) is 9.12. The van der Waals surface area contributed by atoms with E-state index in [-0.39, 0.29) is 35.7 Å². The fraction of sp³-hybridized carbons (Fsp3) is 0.435. The molecule has 2 fully saturated rings. The quantitative estimate of drug-likeness (QED) is 0.0921. The Balaban J connectivity index is 1.03. The number of carbonyl (C=O) groups is 4. The van der Waals surface area contributed by atoms with E-state index < -0.39 is 24.3 Å². The zero-order chi connectivity index (χ0) is 42.5. The number of methoxy groups -OCH3 is 2. The van der Waals surface area contributed by atoms with Crippen molar-refractivity contribution in [3.8, 4) is 33.6 Å². The van der Waals surface area contributed by atoms with Crippen molar-refractivity contribution in [1.29, 1.82) is 0 Å².